The first-order valence-corrected chi connectivity index (χ1v) is 7.54. The van der Waals surface area contributed by atoms with Gasteiger partial charge in [0, 0.05) is 30.6 Å². The molecule has 0 atom stereocenters. The third-order valence-electron chi connectivity index (χ3n) is 4.14. The van der Waals surface area contributed by atoms with Crippen LogP contribution in [0.25, 0.3) is 11.0 Å². The van der Waals surface area contributed by atoms with Crippen LogP contribution in [-0.4, -0.2) is 36.0 Å². The lowest BCUT2D eigenvalue weighted by molar-refractivity contribution is 0.0653. The van der Waals surface area contributed by atoms with Crippen LogP contribution >= 0.6 is 0 Å². The van der Waals surface area contributed by atoms with Crippen LogP contribution in [0.2, 0.25) is 0 Å². The Kier molecular flexibility index (Phi) is 3.49. The summed E-state index contributed by atoms with van der Waals surface area (Å²) in [5, 5.41) is 4.35. The second-order valence-electron chi connectivity index (χ2n) is 6.37. The molecule has 1 aromatic heterocycles. The molecule has 0 spiro atoms. The molecular weight excluding hydrogens is 264 g/mol. The molecule has 1 aromatic carbocycles. The second kappa shape index (κ2) is 5.19. The maximum absolute atomic E-state index is 12.8. The summed E-state index contributed by atoms with van der Waals surface area (Å²) in [4.78, 5) is 14.7. The van der Waals surface area contributed by atoms with Crippen LogP contribution in [0.3, 0.4) is 0 Å². The van der Waals surface area contributed by atoms with Gasteiger partial charge in [-0.1, -0.05) is 13.0 Å². The van der Waals surface area contributed by atoms with Crippen molar-refractivity contribution in [1.29, 1.82) is 0 Å². The molecule has 4 nitrogen and oxygen atoms in total. The number of fused-ring (bicyclic) bond motifs is 1. The molecule has 0 saturated carbocycles. The van der Waals surface area contributed by atoms with Crippen LogP contribution in [0.4, 0.5) is 0 Å². The molecule has 0 aliphatic carbocycles. The number of hydrogen-bond acceptors (Lipinski definition) is 3. The van der Waals surface area contributed by atoms with Gasteiger partial charge in [0.1, 0.15) is 11.8 Å². The lowest BCUT2D eigenvalue weighted by atomic mass is 10.0. The molecule has 1 aliphatic rings. The van der Waals surface area contributed by atoms with Crippen LogP contribution in [0.1, 0.15) is 36.7 Å². The van der Waals surface area contributed by atoms with Crippen molar-refractivity contribution in [3.63, 3.8) is 0 Å². The Morgan fingerprint density at radius 1 is 1.43 bits per heavy atom. The fourth-order valence-electron chi connectivity index (χ4n) is 2.95. The number of rotatable bonds is 2. The minimum Gasteiger partial charge on any atom is -0.463 e. The molecule has 1 fully saturated rings. The maximum Gasteiger partial charge on any atom is 0.257 e. The van der Waals surface area contributed by atoms with Gasteiger partial charge in [-0.05, 0) is 38.0 Å². The highest BCUT2D eigenvalue weighted by molar-refractivity contribution is 6.06. The Hall–Kier alpha value is -1.81. The lowest BCUT2D eigenvalue weighted by Gasteiger charge is -2.39. The summed E-state index contributed by atoms with van der Waals surface area (Å²) in [6.45, 7) is 8.63. The van der Waals surface area contributed by atoms with E-state index in [1.165, 1.54) is 5.56 Å². The van der Waals surface area contributed by atoms with E-state index in [4.69, 9.17) is 4.42 Å². The van der Waals surface area contributed by atoms with Crippen molar-refractivity contribution in [1.82, 2.24) is 10.2 Å². The monoisotopic (exact) mass is 286 g/mol. The predicted molar refractivity (Wildman–Crippen MR) is 83.6 cm³/mol. The molecule has 1 amide bonds. The number of nitrogens with one attached hydrogen (secondary N) is 1. The van der Waals surface area contributed by atoms with Crippen molar-refractivity contribution < 1.29 is 9.21 Å². The SMILES string of the molecule is CCc1ccc2occ(C(=O)N3CCNC(C)(C)C3)c2c1. The van der Waals surface area contributed by atoms with Crippen LogP contribution in [0, 0.1) is 0 Å². The molecule has 112 valence electrons. The molecular formula is C17H22N2O2. The average Bonchev–Trinajstić information content (AvgIpc) is 2.88. The molecule has 1 aliphatic heterocycles. The highest BCUT2D eigenvalue weighted by Crippen LogP contribution is 2.25. The third kappa shape index (κ3) is 2.68. The number of benzene rings is 1. The molecule has 0 bridgehead atoms. The van der Waals surface area contributed by atoms with Crippen LogP contribution < -0.4 is 5.32 Å². The molecule has 3 rings (SSSR count). The molecule has 2 aromatic rings. The largest absolute Gasteiger partial charge is 0.463 e. The summed E-state index contributed by atoms with van der Waals surface area (Å²) in [5.41, 5.74) is 2.64. The Labute approximate surface area is 125 Å². The zero-order valence-corrected chi connectivity index (χ0v) is 12.9. The zero-order valence-electron chi connectivity index (χ0n) is 12.9. The van der Waals surface area contributed by atoms with Gasteiger partial charge in [0.25, 0.3) is 5.91 Å². The Morgan fingerprint density at radius 3 is 2.95 bits per heavy atom. The van der Waals surface area contributed by atoms with E-state index in [0.29, 0.717) is 12.1 Å². The summed E-state index contributed by atoms with van der Waals surface area (Å²) >= 11 is 0. The standard InChI is InChI=1S/C17H22N2O2/c1-4-12-5-6-15-13(9-12)14(10-21-15)16(20)19-8-7-18-17(2,3)11-19/h5-6,9-10,18H,4,7-8,11H2,1-3H3. The summed E-state index contributed by atoms with van der Waals surface area (Å²) < 4.78 is 5.55. The molecule has 1 saturated heterocycles. The summed E-state index contributed by atoms with van der Waals surface area (Å²) in [6.07, 6.45) is 2.55. The van der Waals surface area contributed by atoms with E-state index in [1.54, 1.807) is 6.26 Å². The first-order chi connectivity index (χ1) is 10.00. The van der Waals surface area contributed by atoms with E-state index in [0.717, 1.165) is 30.5 Å². The van der Waals surface area contributed by atoms with Gasteiger partial charge in [0.05, 0.1) is 5.56 Å². The van der Waals surface area contributed by atoms with Gasteiger partial charge in [-0.3, -0.25) is 4.79 Å². The van der Waals surface area contributed by atoms with Gasteiger partial charge in [0.2, 0.25) is 0 Å². The summed E-state index contributed by atoms with van der Waals surface area (Å²) in [7, 11) is 0. The highest BCUT2D eigenvalue weighted by Gasteiger charge is 2.30. The molecule has 4 heteroatoms. The average molecular weight is 286 g/mol. The van der Waals surface area contributed by atoms with Gasteiger partial charge in [-0.2, -0.15) is 0 Å². The minimum atomic E-state index is -0.0397. The molecule has 1 N–H and O–H groups in total. The van der Waals surface area contributed by atoms with Crippen molar-refractivity contribution in [3.05, 3.63) is 35.6 Å². The summed E-state index contributed by atoms with van der Waals surface area (Å²) in [6, 6.07) is 6.07. The predicted octanol–water partition coefficient (Wildman–Crippen LogP) is 2.82. The number of amides is 1. The normalized spacial score (nSPS) is 18.1. The molecule has 0 unspecified atom stereocenters. The van der Waals surface area contributed by atoms with Gasteiger partial charge < -0.3 is 14.6 Å². The van der Waals surface area contributed by atoms with Crippen LogP contribution in [0.5, 0.6) is 0 Å². The maximum atomic E-state index is 12.8. The van der Waals surface area contributed by atoms with E-state index in [-0.39, 0.29) is 11.4 Å². The van der Waals surface area contributed by atoms with Gasteiger partial charge in [-0.15, -0.1) is 0 Å². The zero-order chi connectivity index (χ0) is 15.0. The van der Waals surface area contributed by atoms with Crippen LogP contribution in [0.15, 0.2) is 28.9 Å². The molecule has 2 heterocycles. The highest BCUT2D eigenvalue weighted by atomic mass is 16.3. The fraction of sp³-hybridized carbons (Fsp3) is 0.471. The van der Waals surface area contributed by atoms with Crippen molar-refractivity contribution in [2.24, 2.45) is 0 Å². The van der Waals surface area contributed by atoms with Crippen LogP contribution in [-0.2, 0) is 6.42 Å². The first-order valence-electron chi connectivity index (χ1n) is 7.54. The minimum absolute atomic E-state index is 0.0397. The first kappa shape index (κ1) is 14.1. The van der Waals surface area contributed by atoms with E-state index in [2.05, 4.69) is 32.2 Å². The fourth-order valence-corrected chi connectivity index (χ4v) is 2.95. The number of carbonyl (C=O) groups excluding carboxylic acids is 1. The quantitative estimate of drug-likeness (QED) is 0.923. The van der Waals surface area contributed by atoms with Crippen molar-refractivity contribution in [2.45, 2.75) is 32.7 Å². The smallest absolute Gasteiger partial charge is 0.257 e. The number of nitrogens with zero attached hydrogens (tertiary/aromatic N) is 1. The Balaban J connectivity index is 1.94. The van der Waals surface area contributed by atoms with E-state index < -0.39 is 0 Å². The summed E-state index contributed by atoms with van der Waals surface area (Å²) in [5.74, 6) is 0.0663. The van der Waals surface area contributed by atoms with Crippen molar-refractivity contribution in [3.8, 4) is 0 Å². The third-order valence-corrected chi connectivity index (χ3v) is 4.14. The molecule has 0 radical (unpaired) electrons. The van der Waals surface area contributed by atoms with Crippen molar-refractivity contribution >= 4 is 16.9 Å². The number of piperazine rings is 1. The Bertz CT molecular complexity index is 672. The second-order valence-corrected chi connectivity index (χ2v) is 6.37. The number of furan rings is 1. The van der Waals surface area contributed by atoms with Gasteiger partial charge >= 0.3 is 0 Å². The van der Waals surface area contributed by atoms with E-state index >= 15 is 0 Å². The van der Waals surface area contributed by atoms with Gasteiger partial charge in [-0.25, -0.2) is 0 Å². The number of carbonyl (C=O) groups is 1. The van der Waals surface area contributed by atoms with E-state index in [1.807, 2.05) is 17.0 Å². The van der Waals surface area contributed by atoms with Gasteiger partial charge in [0.15, 0.2) is 0 Å². The Morgan fingerprint density at radius 2 is 2.24 bits per heavy atom. The molecule has 21 heavy (non-hydrogen) atoms. The van der Waals surface area contributed by atoms with E-state index in [9.17, 15) is 4.79 Å². The van der Waals surface area contributed by atoms with Crippen molar-refractivity contribution in [2.75, 3.05) is 19.6 Å². The number of aryl methyl sites for hydroxylation is 1. The topological polar surface area (TPSA) is 45.5 Å². The lowest BCUT2D eigenvalue weighted by Crippen LogP contribution is -2.58. The number of hydrogen-bond donors (Lipinski definition) is 1.